The molecule has 0 aromatic rings. The maximum Gasteiger partial charge on any atom is 0.0783 e. The molecule has 0 aromatic heterocycles. The van der Waals surface area contributed by atoms with Gasteiger partial charge < -0.3 is 13.9 Å². The first-order valence-electron chi connectivity index (χ1n) is 6.56. The van der Waals surface area contributed by atoms with E-state index in [0.717, 1.165) is 0 Å². The van der Waals surface area contributed by atoms with E-state index in [1.807, 2.05) is 0 Å². The molecule has 0 aromatic carbocycles. The van der Waals surface area contributed by atoms with Crippen LogP contribution in [0.3, 0.4) is 0 Å². The van der Waals surface area contributed by atoms with Crippen molar-refractivity contribution in [1.82, 2.24) is 0 Å². The molecular weight excluding hydrogens is 221 g/mol. The lowest BCUT2D eigenvalue weighted by atomic mass is 10.2. The molecule has 1 unspecified atom stereocenters. The average Bonchev–Trinajstić information content (AvgIpc) is 2.20. The van der Waals surface area contributed by atoms with Gasteiger partial charge in [0.25, 0.3) is 0 Å². The largest absolute Gasteiger partial charge is 0.804 e. The zero-order valence-electron chi connectivity index (χ0n) is 11.5. The SMILES string of the molecule is CCC[N+](CCC)(CCC)CCC.O=[PH2][O-]. The molecule has 0 spiro atoms. The second kappa shape index (κ2) is 13.2. The molecule has 0 fully saturated rings. The molecular formula is C12H30NO2P. The molecule has 100 valence electrons. The minimum absolute atomic E-state index is 1.33. The fraction of sp³-hybridized carbons (Fsp3) is 1.00. The molecule has 0 N–H and O–H groups in total. The number of quaternary nitrogens is 1. The summed E-state index contributed by atoms with van der Waals surface area (Å²) in [6.07, 6.45) is 5.33. The quantitative estimate of drug-likeness (QED) is 0.491. The van der Waals surface area contributed by atoms with E-state index in [-0.39, 0.29) is 0 Å². The zero-order chi connectivity index (χ0) is 12.9. The van der Waals surface area contributed by atoms with E-state index in [4.69, 9.17) is 9.46 Å². The lowest BCUT2D eigenvalue weighted by Gasteiger charge is -2.38. The van der Waals surface area contributed by atoms with E-state index in [1.54, 1.807) is 0 Å². The van der Waals surface area contributed by atoms with Crippen molar-refractivity contribution >= 4 is 8.69 Å². The Morgan fingerprint density at radius 2 is 1.00 bits per heavy atom. The van der Waals surface area contributed by atoms with E-state index in [2.05, 4.69) is 27.7 Å². The van der Waals surface area contributed by atoms with E-state index in [1.165, 1.54) is 56.3 Å². The van der Waals surface area contributed by atoms with Crippen LogP contribution in [0.4, 0.5) is 0 Å². The second-order valence-electron chi connectivity index (χ2n) is 4.33. The summed E-state index contributed by atoms with van der Waals surface area (Å²) in [5.74, 6) is 0. The van der Waals surface area contributed by atoms with Crippen LogP contribution in [-0.4, -0.2) is 30.7 Å². The molecule has 0 aliphatic heterocycles. The van der Waals surface area contributed by atoms with Gasteiger partial charge >= 0.3 is 0 Å². The normalized spacial score (nSPS) is 11.6. The van der Waals surface area contributed by atoms with Gasteiger partial charge in [-0.1, -0.05) is 27.7 Å². The highest BCUT2D eigenvalue weighted by atomic mass is 31.1. The molecule has 0 bridgehead atoms. The zero-order valence-corrected chi connectivity index (χ0v) is 12.7. The molecule has 0 rings (SSSR count). The maximum absolute atomic E-state index is 8.46. The Morgan fingerprint density at radius 1 is 0.812 bits per heavy atom. The lowest BCUT2D eigenvalue weighted by Crippen LogP contribution is -2.50. The van der Waals surface area contributed by atoms with Crippen LogP contribution in [-0.2, 0) is 4.57 Å². The van der Waals surface area contributed by atoms with Crippen molar-refractivity contribution in [3.63, 3.8) is 0 Å². The lowest BCUT2D eigenvalue weighted by molar-refractivity contribution is -0.928. The Bertz CT molecular complexity index is 124. The van der Waals surface area contributed by atoms with Gasteiger partial charge in [0, 0.05) is 0 Å². The van der Waals surface area contributed by atoms with Gasteiger partial charge in [0.05, 0.1) is 26.2 Å². The van der Waals surface area contributed by atoms with Gasteiger partial charge in [-0.05, 0) is 34.4 Å². The third-order valence-corrected chi connectivity index (χ3v) is 2.79. The van der Waals surface area contributed by atoms with Crippen molar-refractivity contribution < 1.29 is 13.9 Å². The van der Waals surface area contributed by atoms with Crippen LogP contribution >= 0.6 is 8.69 Å². The summed E-state index contributed by atoms with van der Waals surface area (Å²) in [4.78, 5) is 8.46. The number of hydrogen-bond donors (Lipinski definition) is 0. The van der Waals surface area contributed by atoms with Crippen molar-refractivity contribution in [2.45, 2.75) is 53.4 Å². The van der Waals surface area contributed by atoms with Gasteiger partial charge in [-0.25, -0.2) is 0 Å². The van der Waals surface area contributed by atoms with Crippen LogP contribution in [0.2, 0.25) is 0 Å². The highest BCUT2D eigenvalue weighted by Gasteiger charge is 2.22. The van der Waals surface area contributed by atoms with Crippen molar-refractivity contribution in [2.75, 3.05) is 26.2 Å². The van der Waals surface area contributed by atoms with E-state index in [9.17, 15) is 0 Å². The molecule has 1 atom stereocenters. The van der Waals surface area contributed by atoms with E-state index in [0.29, 0.717) is 0 Å². The van der Waals surface area contributed by atoms with Crippen molar-refractivity contribution in [3.8, 4) is 0 Å². The van der Waals surface area contributed by atoms with Gasteiger partial charge in [0.1, 0.15) is 0 Å². The van der Waals surface area contributed by atoms with Crippen LogP contribution in [0.15, 0.2) is 0 Å². The second-order valence-corrected chi connectivity index (χ2v) is 4.52. The Balaban J connectivity index is 0. The molecule has 0 aliphatic rings. The third kappa shape index (κ3) is 9.38. The summed E-state index contributed by atoms with van der Waals surface area (Å²) >= 11 is 0. The first kappa shape index (κ1) is 18.5. The number of nitrogens with zero attached hydrogens (tertiary/aromatic N) is 1. The molecule has 0 saturated carbocycles. The van der Waals surface area contributed by atoms with Crippen LogP contribution in [0.5, 0.6) is 0 Å². The molecule has 0 amide bonds. The summed E-state index contributed by atoms with van der Waals surface area (Å²) < 4.78 is 9.83. The highest BCUT2D eigenvalue weighted by molar-refractivity contribution is 7.14. The molecule has 0 aliphatic carbocycles. The van der Waals surface area contributed by atoms with Crippen LogP contribution in [0.1, 0.15) is 53.4 Å². The van der Waals surface area contributed by atoms with Crippen LogP contribution in [0.25, 0.3) is 0 Å². The molecule has 0 heterocycles. The molecule has 16 heavy (non-hydrogen) atoms. The van der Waals surface area contributed by atoms with Gasteiger partial charge in [-0.2, -0.15) is 0 Å². The highest BCUT2D eigenvalue weighted by Crippen LogP contribution is 2.12. The van der Waals surface area contributed by atoms with Gasteiger partial charge in [-0.15, -0.1) is 0 Å². The third-order valence-electron chi connectivity index (χ3n) is 2.79. The van der Waals surface area contributed by atoms with Gasteiger partial charge in [-0.3, -0.25) is 0 Å². The standard InChI is InChI=1S/C12H28N.H3O2P/c1-5-9-13(10-6-2,11-7-3)12-8-4;1-3-2/h5-12H2,1-4H3;3H2,(H,1,2)/q+1;/p-1. The predicted molar refractivity (Wildman–Crippen MR) is 71.3 cm³/mol. The number of hydrogen-bond acceptors (Lipinski definition) is 2. The van der Waals surface area contributed by atoms with Crippen molar-refractivity contribution in [1.29, 1.82) is 0 Å². The summed E-state index contributed by atoms with van der Waals surface area (Å²) in [6.45, 7) is 14.8. The smallest absolute Gasteiger partial charge is 0.0783 e. The molecule has 0 saturated heterocycles. The Labute approximate surface area is 103 Å². The Hall–Kier alpha value is 0.150. The molecule has 0 radical (unpaired) electrons. The van der Waals surface area contributed by atoms with E-state index < -0.39 is 8.69 Å². The fourth-order valence-corrected chi connectivity index (χ4v) is 2.57. The summed E-state index contributed by atoms with van der Waals surface area (Å²) in [5.41, 5.74) is 0. The monoisotopic (exact) mass is 251 g/mol. The van der Waals surface area contributed by atoms with Crippen molar-refractivity contribution in [2.24, 2.45) is 0 Å². The minimum Gasteiger partial charge on any atom is -0.804 e. The van der Waals surface area contributed by atoms with Gasteiger partial charge in [0.15, 0.2) is 0 Å². The summed E-state index contributed by atoms with van der Waals surface area (Å²) in [7, 11) is -1.75. The van der Waals surface area contributed by atoms with Crippen LogP contribution < -0.4 is 4.89 Å². The fourth-order valence-electron chi connectivity index (χ4n) is 2.57. The Morgan fingerprint density at radius 3 is 1.12 bits per heavy atom. The summed E-state index contributed by atoms with van der Waals surface area (Å²) in [6, 6.07) is 0. The molecule has 3 nitrogen and oxygen atoms in total. The molecule has 4 heteroatoms. The first-order valence-corrected chi connectivity index (χ1v) is 7.51. The Kier molecular flexibility index (Phi) is 15.3. The maximum atomic E-state index is 8.46. The van der Waals surface area contributed by atoms with E-state index >= 15 is 0 Å². The summed E-state index contributed by atoms with van der Waals surface area (Å²) in [5, 5.41) is 0. The number of rotatable bonds is 8. The van der Waals surface area contributed by atoms with Gasteiger partial charge in [0.2, 0.25) is 0 Å². The predicted octanol–water partition coefficient (Wildman–Crippen LogP) is 2.46. The van der Waals surface area contributed by atoms with Crippen LogP contribution in [0, 0.1) is 0 Å². The van der Waals surface area contributed by atoms with Crippen molar-refractivity contribution in [3.05, 3.63) is 0 Å². The minimum atomic E-state index is -1.75. The topological polar surface area (TPSA) is 40.1 Å². The average molecular weight is 251 g/mol. The first-order chi connectivity index (χ1) is 7.66.